The molecule has 0 saturated heterocycles. The van der Waals surface area contributed by atoms with Crippen LogP contribution in [0.5, 0.6) is 11.5 Å². The van der Waals surface area contributed by atoms with E-state index in [2.05, 4.69) is 0 Å². The summed E-state index contributed by atoms with van der Waals surface area (Å²) in [7, 11) is 2.86. The van der Waals surface area contributed by atoms with Crippen LogP contribution < -0.4 is 9.47 Å². The predicted molar refractivity (Wildman–Crippen MR) is 59.3 cm³/mol. The molecule has 16 heavy (non-hydrogen) atoms. The molecule has 0 spiro atoms. The number of carbonyl (C=O) groups is 1. The van der Waals surface area contributed by atoms with E-state index in [1.54, 1.807) is 0 Å². The van der Waals surface area contributed by atoms with Crippen LogP contribution in [-0.2, 0) is 6.42 Å². The van der Waals surface area contributed by atoms with E-state index in [1.165, 1.54) is 20.3 Å². The summed E-state index contributed by atoms with van der Waals surface area (Å²) < 4.78 is 10.2. The van der Waals surface area contributed by atoms with Crippen molar-refractivity contribution in [3.63, 3.8) is 0 Å². The fourth-order valence-electron chi connectivity index (χ4n) is 1.43. The molecule has 0 bridgehead atoms. The first-order valence-corrected chi connectivity index (χ1v) is 4.82. The maximum absolute atomic E-state index is 10.9. The quantitative estimate of drug-likeness (QED) is 0.756. The van der Waals surface area contributed by atoms with Gasteiger partial charge in [-0.1, -0.05) is 11.6 Å². The maximum atomic E-state index is 10.9. The standard InChI is InChI=1S/C11H10ClNO3/c1-15-10-7(3-4-13)5-9(12)8(6-14)11(10)16-2/h5-6H,3H2,1-2H3. The molecule has 4 nitrogen and oxygen atoms in total. The minimum Gasteiger partial charge on any atom is -0.493 e. The number of nitriles is 1. The van der Waals surface area contributed by atoms with Crippen molar-refractivity contribution in [2.75, 3.05) is 14.2 Å². The van der Waals surface area contributed by atoms with E-state index in [-0.39, 0.29) is 22.8 Å². The van der Waals surface area contributed by atoms with E-state index in [0.29, 0.717) is 17.6 Å². The number of aldehydes is 1. The van der Waals surface area contributed by atoms with Gasteiger partial charge in [-0.2, -0.15) is 5.26 Å². The normalized spacial score (nSPS) is 9.38. The highest BCUT2D eigenvalue weighted by Crippen LogP contribution is 2.38. The Morgan fingerprint density at radius 3 is 2.50 bits per heavy atom. The second kappa shape index (κ2) is 5.38. The first-order valence-electron chi connectivity index (χ1n) is 4.45. The zero-order valence-electron chi connectivity index (χ0n) is 8.91. The topological polar surface area (TPSA) is 59.3 Å². The molecule has 0 radical (unpaired) electrons. The number of benzene rings is 1. The van der Waals surface area contributed by atoms with E-state index < -0.39 is 0 Å². The lowest BCUT2D eigenvalue weighted by molar-refractivity contribution is 0.112. The first kappa shape index (κ1) is 12.3. The summed E-state index contributed by atoms with van der Waals surface area (Å²) >= 11 is 5.90. The van der Waals surface area contributed by atoms with Gasteiger partial charge in [-0.15, -0.1) is 0 Å². The smallest absolute Gasteiger partial charge is 0.173 e. The number of rotatable bonds is 4. The van der Waals surface area contributed by atoms with Gasteiger partial charge < -0.3 is 9.47 Å². The van der Waals surface area contributed by atoms with Crippen LogP contribution in [0.1, 0.15) is 15.9 Å². The number of carbonyl (C=O) groups excluding carboxylic acids is 1. The van der Waals surface area contributed by atoms with Crippen molar-refractivity contribution in [2.24, 2.45) is 0 Å². The van der Waals surface area contributed by atoms with Gasteiger partial charge in [0.15, 0.2) is 17.8 Å². The molecule has 0 amide bonds. The first-order chi connectivity index (χ1) is 7.69. The van der Waals surface area contributed by atoms with Gasteiger partial charge >= 0.3 is 0 Å². The van der Waals surface area contributed by atoms with E-state index >= 15 is 0 Å². The molecule has 0 aromatic heterocycles. The molecule has 0 aliphatic rings. The third kappa shape index (κ3) is 2.10. The van der Waals surface area contributed by atoms with E-state index in [0.717, 1.165) is 0 Å². The lowest BCUT2D eigenvalue weighted by atomic mass is 10.1. The average Bonchev–Trinajstić information content (AvgIpc) is 2.28. The van der Waals surface area contributed by atoms with Crippen molar-refractivity contribution in [1.29, 1.82) is 5.26 Å². The Labute approximate surface area is 98.3 Å². The summed E-state index contributed by atoms with van der Waals surface area (Å²) in [6, 6.07) is 3.53. The average molecular weight is 240 g/mol. The molecular weight excluding hydrogens is 230 g/mol. The van der Waals surface area contributed by atoms with Crippen molar-refractivity contribution in [2.45, 2.75) is 6.42 Å². The molecule has 0 aliphatic carbocycles. The van der Waals surface area contributed by atoms with Gasteiger partial charge in [-0.25, -0.2) is 0 Å². The lowest BCUT2D eigenvalue weighted by Gasteiger charge is -2.14. The Morgan fingerprint density at radius 2 is 2.06 bits per heavy atom. The van der Waals surface area contributed by atoms with Crippen LogP contribution in [0, 0.1) is 11.3 Å². The molecule has 0 saturated carbocycles. The van der Waals surface area contributed by atoms with Gasteiger partial charge in [0.05, 0.1) is 37.3 Å². The number of halogens is 1. The zero-order chi connectivity index (χ0) is 12.1. The molecule has 0 aliphatic heterocycles. The second-order valence-electron chi connectivity index (χ2n) is 2.95. The van der Waals surface area contributed by atoms with Crippen molar-refractivity contribution in [3.05, 3.63) is 22.2 Å². The van der Waals surface area contributed by atoms with Crippen LogP contribution in [0.25, 0.3) is 0 Å². The maximum Gasteiger partial charge on any atom is 0.173 e. The third-order valence-electron chi connectivity index (χ3n) is 2.10. The number of hydrogen-bond donors (Lipinski definition) is 0. The van der Waals surface area contributed by atoms with Crippen LogP contribution in [0.4, 0.5) is 0 Å². The molecule has 0 heterocycles. The van der Waals surface area contributed by atoms with Gasteiger partial charge in [0.2, 0.25) is 0 Å². The highest BCUT2D eigenvalue weighted by molar-refractivity contribution is 6.33. The SMILES string of the molecule is COc1c(CC#N)cc(Cl)c(C=O)c1OC. The lowest BCUT2D eigenvalue weighted by Crippen LogP contribution is -2.00. The highest BCUT2D eigenvalue weighted by atomic mass is 35.5. The highest BCUT2D eigenvalue weighted by Gasteiger charge is 2.18. The third-order valence-corrected chi connectivity index (χ3v) is 2.41. The molecule has 0 atom stereocenters. The number of ether oxygens (including phenoxy) is 2. The van der Waals surface area contributed by atoms with Crippen LogP contribution in [0.3, 0.4) is 0 Å². The predicted octanol–water partition coefficient (Wildman–Crippen LogP) is 2.24. The largest absolute Gasteiger partial charge is 0.493 e. The Kier molecular flexibility index (Phi) is 4.15. The molecule has 0 fully saturated rings. The van der Waals surface area contributed by atoms with Crippen molar-refractivity contribution < 1.29 is 14.3 Å². The van der Waals surface area contributed by atoms with Gasteiger partial charge in [0, 0.05) is 5.56 Å². The summed E-state index contributed by atoms with van der Waals surface area (Å²) in [5.74, 6) is 0.630. The summed E-state index contributed by atoms with van der Waals surface area (Å²) in [4.78, 5) is 10.9. The minimum absolute atomic E-state index is 0.137. The second-order valence-corrected chi connectivity index (χ2v) is 3.36. The number of hydrogen-bond acceptors (Lipinski definition) is 4. The fourth-order valence-corrected chi connectivity index (χ4v) is 1.69. The van der Waals surface area contributed by atoms with Crippen LogP contribution in [-0.4, -0.2) is 20.5 Å². The van der Waals surface area contributed by atoms with Crippen LogP contribution >= 0.6 is 11.6 Å². The molecule has 84 valence electrons. The van der Waals surface area contributed by atoms with Gasteiger partial charge in [0.1, 0.15) is 0 Å². The summed E-state index contributed by atoms with van der Waals surface area (Å²) in [5.41, 5.74) is 0.820. The Morgan fingerprint density at radius 1 is 1.44 bits per heavy atom. The monoisotopic (exact) mass is 239 g/mol. The number of methoxy groups -OCH3 is 2. The van der Waals surface area contributed by atoms with Crippen molar-refractivity contribution >= 4 is 17.9 Å². The van der Waals surface area contributed by atoms with Gasteiger partial charge in [-0.05, 0) is 6.07 Å². The molecule has 5 heteroatoms. The fraction of sp³-hybridized carbons (Fsp3) is 0.273. The molecule has 0 N–H and O–H groups in total. The van der Waals surface area contributed by atoms with Crippen molar-refractivity contribution in [3.8, 4) is 17.6 Å². The Bertz CT molecular complexity index is 452. The zero-order valence-corrected chi connectivity index (χ0v) is 9.67. The van der Waals surface area contributed by atoms with Gasteiger partial charge in [0.25, 0.3) is 0 Å². The molecule has 0 unspecified atom stereocenters. The Hall–Kier alpha value is -1.73. The minimum atomic E-state index is 0.137. The number of nitrogens with zero attached hydrogens (tertiary/aromatic N) is 1. The summed E-state index contributed by atoms with van der Waals surface area (Å²) in [6.45, 7) is 0. The van der Waals surface area contributed by atoms with Crippen LogP contribution in [0.15, 0.2) is 6.07 Å². The molecule has 1 rings (SSSR count). The molecule has 1 aromatic rings. The summed E-state index contributed by atoms with van der Waals surface area (Å²) in [5, 5.41) is 8.91. The van der Waals surface area contributed by atoms with Crippen molar-refractivity contribution in [1.82, 2.24) is 0 Å². The summed E-state index contributed by atoms with van der Waals surface area (Å²) in [6.07, 6.45) is 0.734. The van der Waals surface area contributed by atoms with Gasteiger partial charge in [-0.3, -0.25) is 4.79 Å². The van der Waals surface area contributed by atoms with E-state index in [1.807, 2.05) is 6.07 Å². The Balaban J connectivity index is 3.51. The van der Waals surface area contributed by atoms with E-state index in [9.17, 15) is 4.79 Å². The van der Waals surface area contributed by atoms with E-state index in [4.69, 9.17) is 26.3 Å². The van der Waals surface area contributed by atoms with Crippen LogP contribution in [0.2, 0.25) is 5.02 Å². The molecular formula is C11H10ClNO3. The molecule has 1 aromatic carbocycles.